The summed E-state index contributed by atoms with van der Waals surface area (Å²) in [5.41, 5.74) is 0. The van der Waals surface area contributed by atoms with Gasteiger partial charge in [0.15, 0.2) is 0 Å². The second-order valence-electron chi connectivity index (χ2n) is 0.865. The molecule has 0 aliphatic heterocycles. The molecule has 3 heteroatoms. The molecule has 0 amide bonds. The zero-order valence-electron chi connectivity index (χ0n) is 4.81. The normalized spacial score (nSPS) is 6.00. The van der Waals surface area contributed by atoms with E-state index in [0.717, 1.165) is 0 Å². The summed E-state index contributed by atoms with van der Waals surface area (Å²) in [4.78, 5) is 9.95. The fourth-order valence-electron chi connectivity index (χ4n) is 0.173. The lowest BCUT2D eigenvalue weighted by molar-refractivity contribution is -0.136. The third kappa shape index (κ3) is 4.99. The van der Waals surface area contributed by atoms with Crippen LogP contribution in [0.3, 0.4) is 0 Å². The van der Waals surface area contributed by atoms with Gasteiger partial charge in [0.2, 0.25) is 0 Å². The van der Waals surface area contributed by atoms with Crippen molar-refractivity contribution in [3.8, 4) is 12.3 Å². The third-order valence-electron chi connectivity index (χ3n) is 0.393. The number of carbonyl (C=O) groups excluding carboxylic acids is 1. The van der Waals surface area contributed by atoms with E-state index in [4.69, 9.17) is 0 Å². The molecule has 3 N–H and O–H groups in total. The molecule has 8 heavy (non-hydrogen) atoms. The van der Waals surface area contributed by atoms with Crippen molar-refractivity contribution in [2.45, 2.75) is 6.92 Å². The molecule has 0 aromatic heterocycles. The van der Waals surface area contributed by atoms with Crippen LogP contribution in [0.5, 0.6) is 0 Å². The van der Waals surface area contributed by atoms with Gasteiger partial charge in [0, 0.05) is 5.92 Å². The number of ether oxygens (including phenoxy) is 1. The van der Waals surface area contributed by atoms with Crippen molar-refractivity contribution in [3.63, 3.8) is 0 Å². The molecule has 3 nitrogen and oxygen atoms in total. The number of esters is 1. The van der Waals surface area contributed by atoms with E-state index in [1.807, 2.05) is 0 Å². The molecular formula is C5H9NO2. The maximum Gasteiger partial charge on any atom is 0.384 e. The first-order valence-electron chi connectivity index (χ1n) is 1.94. The Morgan fingerprint density at radius 1 is 1.88 bits per heavy atom. The average Bonchev–Trinajstić information content (AvgIpc) is 1.68. The van der Waals surface area contributed by atoms with Crippen molar-refractivity contribution >= 4 is 5.97 Å². The Kier molecular flexibility index (Phi) is 7.54. The Hall–Kier alpha value is -1.01. The van der Waals surface area contributed by atoms with Gasteiger partial charge in [-0.2, -0.15) is 0 Å². The second kappa shape index (κ2) is 5.99. The van der Waals surface area contributed by atoms with Crippen LogP contribution < -0.4 is 6.15 Å². The molecule has 0 saturated heterocycles. The van der Waals surface area contributed by atoms with E-state index < -0.39 is 5.97 Å². The van der Waals surface area contributed by atoms with Gasteiger partial charge in [-0.05, 0) is 6.92 Å². The minimum atomic E-state index is -0.595. The van der Waals surface area contributed by atoms with Crippen LogP contribution in [-0.4, -0.2) is 12.6 Å². The zero-order chi connectivity index (χ0) is 5.70. The van der Waals surface area contributed by atoms with Crippen LogP contribution in [0.1, 0.15) is 6.92 Å². The molecular weight excluding hydrogens is 106 g/mol. The van der Waals surface area contributed by atoms with Crippen molar-refractivity contribution < 1.29 is 9.53 Å². The number of hydrogen-bond acceptors (Lipinski definition) is 3. The second-order valence-corrected chi connectivity index (χ2v) is 0.865. The fourth-order valence-corrected chi connectivity index (χ4v) is 0.173. The predicted octanol–water partition coefficient (Wildman–Crippen LogP) is 0.345. The summed E-state index contributed by atoms with van der Waals surface area (Å²) in [6, 6.07) is 0. The molecule has 0 spiro atoms. The standard InChI is InChI=1S/C5H6O2.H3N/c1-3-5(6)7-4-2;/h1H,4H2,2H3;1H3. The monoisotopic (exact) mass is 115 g/mol. The number of hydrogen-bond donors (Lipinski definition) is 1. The van der Waals surface area contributed by atoms with Crippen LogP contribution in [0.25, 0.3) is 0 Å². The Morgan fingerprint density at radius 2 is 2.38 bits per heavy atom. The number of rotatable bonds is 1. The van der Waals surface area contributed by atoms with E-state index in [9.17, 15) is 4.79 Å². The van der Waals surface area contributed by atoms with Gasteiger partial charge in [-0.25, -0.2) is 4.79 Å². The van der Waals surface area contributed by atoms with E-state index in [1.165, 1.54) is 0 Å². The van der Waals surface area contributed by atoms with Crippen molar-refractivity contribution in [1.82, 2.24) is 6.15 Å². The highest BCUT2D eigenvalue weighted by atomic mass is 16.5. The minimum absolute atomic E-state index is 0. The van der Waals surface area contributed by atoms with Gasteiger partial charge < -0.3 is 10.9 Å². The maximum absolute atomic E-state index is 9.95. The SMILES string of the molecule is C#CC(=O)OCC.N. The highest BCUT2D eigenvalue weighted by Gasteiger charge is 1.87. The summed E-state index contributed by atoms with van der Waals surface area (Å²) in [6.45, 7) is 2.05. The molecule has 0 aromatic carbocycles. The van der Waals surface area contributed by atoms with Gasteiger partial charge in [-0.15, -0.1) is 6.42 Å². The summed E-state index contributed by atoms with van der Waals surface area (Å²) in [5, 5.41) is 0. The predicted molar refractivity (Wildman–Crippen MR) is 30.5 cm³/mol. The average molecular weight is 115 g/mol. The quantitative estimate of drug-likeness (QED) is 0.304. The summed E-state index contributed by atoms with van der Waals surface area (Å²) < 4.78 is 4.32. The molecule has 0 aromatic rings. The highest BCUT2D eigenvalue weighted by molar-refractivity contribution is 5.87. The molecule has 0 unspecified atom stereocenters. The first kappa shape index (κ1) is 10.1. The molecule has 0 rings (SSSR count). The Bertz CT molecular complexity index is 103. The lowest BCUT2D eigenvalue weighted by Crippen LogP contribution is -1.98. The smallest absolute Gasteiger partial charge is 0.384 e. The maximum atomic E-state index is 9.95. The molecule has 0 radical (unpaired) electrons. The van der Waals surface area contributed by atoms with Crippen molar-refractivity contribution in [2.24, 2.45) is 0 Å². The van der Waals surface area contributed by atoms with Gasteiger partial charge in [-0.3, -0.25) is 0 Å². The molecule has 46 valence electrons. The minimum Gasteiger partial charge on any atom is -0.456 e. The van der Waals surface area contributed by atoms with E-state index in [0.29, 0.717) is 6.61 Å². The van der Waals surface area contributed by atoms with Crippen LogP contribution in [0.2, 0.25) is 0 Å². The first-order valence-corrected chi connectivity index (χ1v) is 1.94. The van der Waals surface area contributed by atoms with E-state index in [2.05, 4.69) is 11.2 Å². The number of carbonyl (C=O) groups is 1. The van der Waals surface area contributed by atoms with Crippen LogP contribution in [0.15, 0.2) is 0 Å². The fraction of sp³-hybridized carbons (Fsp3) is 0.400. The van der Waals surface area contributed by atoms with Gasteiger partial charge in [-0.1, -0.05) is 0 Å². The van der Waals surface area contributed by atoms with Crippen molar-refractivity contribution in [1.29, 1.82) is 0 Å². The molecule has 0 fully saturated rings. The van der Waals surface area contributed by atoms with Crippen LogP contribution in [0.4, 0.5) is 0 Å². The third-order valence-corrected chi connectivity index (χ3v) is 0.393. The van der Waals surface area contributed by atoms with Crippen molar-refractivity contribution in [3.05, 3.63) is 0 Å². The zero-order valence-corrected chi connectivity index (χ0v) is 4.81. The molecule has 0 heterocycles. The topological polar surface area (TPSA) is 61.3 Å². The molecule has 0 aliphatic carbocycles. The Balaban J connectivity index is 0. The summed E-state index contributed by atoms with van der Waals surface area (Å²) in [5.74, 6) is 1.21. The Labute approximate surface area is 48.6 Å². The van der Waals surface area contributed by atoms with E-state index in [-0.39, 0.29) is 6.15 Å². The lowest BCUT2D eigenvalue weighted by atomic mass is 10.7. The van der Waals surface area contributed by atoms with Gasteiger partial charge >= 0.3 is 5.97 Å². The first-order chi connectivity index (χ1) is 3.31. The summed E-state index contributed by atoms with van der Waals surface area (Å²) >= 11 is 0. The Morgan fingerprint density at radius 3 is 2.50 bits per heavy atom. The van der Waals surface area contributed by atoms with Crippen LogP contribution in [0, 0.1) is 12.3 Å². The molecule has 0 saturated carbocycles. The van der Waals surface area contributed by atoms with Crippen LogP contribution in [-0.2, 0) is 9.53 Å². The number of terminal acetylenes is 1. The summed E-state index contributed by atoms with van der Waals surface area (Å²) in [7, 11) is 0. The highest BCUT2D eigenvalue weighted by Crippen LogP contribution is 1.70. The van der Waals surface area contributed by atoms with Gasteiger partial charge in [0.25, 0.3) is 0 Å². The molecule has 0 bridgehead atoms. The molecule has 0 atom stereocenters. The van der Waals surface area contributed by atoms with E-state index in [1.54, 1.807) is 12.8 Å². The summed E-state index contributed by atoms with van der Waals surface area (Å²) in [6.07, 6.45) is 4.63. The van der Waals surface area contributed by atoms with E-state index >= 15 is 0 Å². The van der Waals surface area contributed by atoms with Crippen LogP contribution >= 0.6 is 0 Å². The van der Waals surface area contributed by atoms with Crippen molar-refractivity contribution in [2.75, 3.05) is 6.61 Å². The molecule has 0 aliphatic rings. The van der Waals surface area contributed by atoms with Gasteiger partial charge in [0.05, 0.1) is 6.61 Å². The lowest BCUT2D eigenvalue weighted by Gasteiger charge is -1.88. The largest absolute Gasteiger partial charge is 0.456 e. The van der Waals surface area contributed by atoms with Gasteiger partial charge in [0.1, 0.15) is 0 Å².